The Bertz CT molecular complexity index is 294. The van der Waals surface area contributed by atoms with Gasteiger partial charge in [-0.2, -0.15) is 0 Å². The quantitative estimate of drug-likeness (QED) is 0.784. The highest BCUT2D eigenvalue weighted by atomic mass is 16.4. The van der Waals surface area contributed by atoms with Gasteiger partial charge in [-0.25, -0.2) is 4.79 Å². The molecule has 1 aliphatic heterocycles. The van der Waals surface area contributed by atoms with Crippen molar-refractivity contribution in [2.45, 2.75) is 44.6 Å². The van der Waals surface area contributed by atoms with Gasteiger partial charge in [-0.1, -0.05) is 0 Å². The lowest BCUT2D eigenvalue weighted by molar-refractivity contribution is -0.138. The van der Waals surface area contributed by atoms with Crippen LogP contribution >= 0.6 is 0 Å². The van der Waals surface area contributed by atoms with Crippen molar-refractivity contribution in [3.8, 4) is 0 Å². The van der Waals surface area contributed by atoms with Crippen molar-refractivity contribution in [1.29, 1.82) is 0 Å². The smallest absolute Gasteiger partial charge is 0.317 e. The van der Waals surface area contributed by atoms with Gasteiger partial charge in [-0.05, 0) is 38.0 Å². The van der Waals surface area contributed by atoms with Crippen LogP contribution in [0.25, 0.3) is 0 Å². The Morgan fingerprint density at radius 3 is 2.29 bits per heavy atom. The Morgan fingerprint density at radius 2 is 1.82 bits per heavy atom. The zero-order chi connectivity index (χ0) is 12.3. The molecule has 0 aromatic heterocycles. The third-order valence-corrected chi connectivity index (χ3v) is 3.80. The van der Waals surface area contributed by atoms with Crippen LogP contribution in [0.15, 0.2) is 0 Å². The van der Waals surface area contributed by atoms with E-state index in [1.165, 1.54) is 6.42 Å². The van der Waals surface area contributed by atoms with Gasteiger partial charge < -0.3 is 15.3 Å². The van der Waals surface area contributed by atoms with Gasteiger partial charge in [-0.15, -0.1) is 0 Å². The summed E-state index contributed by atoms with van der Waals surface area (Å²) in [6.45, 7) is 1.38. The molecule has 0 bridgehead atoms. The number of carboxylic acid groups (broad SMARTS) is 1. The second kappa shape index (κ2) is 5.38. The van der Waals surface area contributed by atoms with E-state index in [1.54, 1.807) is 0 Å². The third kappa shape index (κ3) is 3.35. The highest BCUT2D eigenvalue weighted by molar-refractivity contribution is 5.74. The number of nitrogens with one attached hydrogen (secondary N) is 1. The minimum Gasteiger partial charge on any atom is -0.481 e. The Kier molecular flexibility index (Phi) is 3.86. The number of carbonyl (C=O) groups excluding carboxylic acids is 1. The normalized spacial score (nSPS) is 22.0. The summed E-state index contributed by atoms with van der Waals surface area (Å²) in [6, 6.07) is 0.405. The number of nitrogens with zero attached hydrogens (tertiary/aromatic N) is 1. The van der Waals surface area contributed by atoms with Crippen molar-refractivity contribution in [3.63, 3.8) is 0 Å². The first-order valence-corrected chi connectivity index (χ1v) is 6.42. The molecule has 2 amide bonds. The predicted molar refractivity (Wildman–Crippen MR) is 62.7 cm³/mol. The van der Waals surface area contributed by atoms with Crippen molar-refractivity contribution >= 4 is 12.0 Å². The number of amides is 2. The molecule has 1 saturated carbocycles. The van der Waals surface area contributed by atoms with E-state index in [4.69, 9.17) is 5.11 Å². The van der Waals surface area contributed by atoms with Gasteiger partial charge in [0.05, 0.1) is 0 Å². The average molecular weight is 240 g/mol. The van der Waals surface area contributed by atoms with Crippen molar-refractivity contribution in [1.82, 2.24) is 10.2 Å². The number of piperidine rings is 1. The van der Waals surface area contributed by atoms with E-state index >= 15 is 0 Å². The van der Waals surface area contributed by atoms with E-state index in [0.717, 1.165) is 25.7 Å². The summed E-state index contributed by atoms with van der Waals surface area (Å²) in [4.78, 5) is 24.2. The van der Waals surface area contributed by atoms with Gasteiger partial charge in [-0.3, -0.25) is 4.79 Å². The van der Waals surface area contributed by atoms with E-state index in [1.807, 2.05) is 4.90 Å². The average Bonchev–Trinajstić information content (AvgIpc) is 2.23. The molecule has 1 saturated heterocycles. The Balaban J connectivity index is 1.70. The van der Waals surface area contributed by atoms with E-state index < -0.39 is 5.97 Å². The zero-order valence-electron chi connectivity index (χ0n) is 10.0. The van der Waals surface area contributed by atoms with Crippen LogP contribution in [0.2, 0.25) is 0 Å². The van der Waals surface area contributed by atoms with Crippen LogP contribution in [0, 0.1) is 5.92 Å². The maximum absolute atomic E-state index is 11.8. The van der Waals surface area contributed by atoms with Crippen molar-refractivity contribution < 1.29 is 14.7 Å². The van der Waals surface area contributed by atoms with Gasteiger partial charge in [0.25, 0.3) is 0 Å². The molecule has 0 aromatic rings. The highest BCUT2D eigenvalue weighted by Gasteiger charge is 2.26. The molecule has 0 unspecified atom stereocenters. The summed E-state index contributed by atoms with van der Waals surface area (Å²) in [5.41, 5.74) is 0. The highest BCUT2D eigenvalue weighted by Crippen LogP contribution is 2.22. The summed E-state index contributed by atoms with van der Waals surface area (Å²) >= 11 is 0. The van der Waals surface area contributed by atoms with Gasteiger partial charge in [0.2, 0.25) is 0 Å². The molecule has 0 radical (unpaired) electrons. The van der Waals surface area contributed by atoms with Crippen LogP contribution in [0.5, 0.6) is 0 Å². The second-order valence-electron chi connectivity index (χ2n) is 5.11. The summed E-state index contributed by atoms with van der Waals surface area (Å²) in [5.74, 6) is -0.498. The predicted octanol–water partition coefficient (Wildman–Crippen LogP) is 1.44. The molecular weight excluding hydrogens is 220 g/mol. The van der Waals surface area contributed by atoms with Crippen LogP contribution in [0.1, 0.15) is 38.5 Å². The van der Waals surface area contributed by atoms with Gasteiger partial charge in [0.1, 0.15) is 0 Å². The van der Waals surface area contributed by atoms with Crippen LogP contribution in [0.4, 0.5) is 4.79 Å². The number of aliphatic carboxylic acids is 1. The van der Waals surface area contributed by atoms with Crippen LogP contribution < -0.4 is 5.32 Å². The number of rotatable bonds is 3. The molecule has 2 fully saturated rings. The van der Waals surface area contributed by atoms with E-state index in [0.29, 0.717) is 19.1 Å². The van der Waals surface area contributed by atoms with Gasteiger partial charge in [0.15, 0.2) is 0 Å². The molecule has 1 aliphatic carbocycles. The molecule has 2 aliphatic rings. The molecule has 1 heterocycles. The second-order valence-corrected chi connectivity index (χ2v) is 5.11. The summed E-state index contributed by atoms with van der Waals surface area (Å²) < 4.78 is 0. The fraction of sp³-hybridized carbons (Fsp3) is 0.833. The first-order valence-electron chi connectivity index (χ1n) is 6.42. The molecule has 2 N–H and O–H groups in total. The third-order valence-electron chi connectivity index (χ3n) is 3.80. The van der Waals surface area contributed by atoms with Crippen LogP contribution in [-0.4, -0.2) is 41.1 Å². The first kappa shape index (κ1) is 12.2. The van der Waals surface area contributed by atoms with Crippen molar-refractivity contribution in [2.75, 3.05) is 13.1 Å². The Hall–Kier alpha value is -1.26. The number of carboxylic acids is 1. The minimum absolute atomic E-state index is 0.0310. The SMILES string of the molecule is O=C(O)CC1CCN(C(=O)NC2CCC2)CC1. The molecule has 17 heavy (non-hydrogen) atoms. The van der Waals surface area contributed by atoms with E-state index in [9.17, 15) is 9.59 Å². The zero-order valence-corrected chi connectivity index (χ0v) is 10.0. The lowest BCUT2D eigenvalue weighted by Gasteiger charge is -2.34. The van der Waals surface area contributed by atoms with E-state index in [2.05, 4.69) is 5.32 Å². The fourth-order valence-corrected chi connectivity index (χ4v) is 2.41. The standard InChI is InChI=1S/C12H20N2O3/c15-11(16)8-9-4-6-14(7-5-9)12(17)13-10-2-1-3-10/h9-10H,1-8H2,(H,13,17)(H,15,16). The molecule has 0 aromatic carbocycles. The molecule has 5 nitrogen and oxygen atoms in total. The number of urea groups is 1. The largest absolute Gasteiger partial charge is 0.481 e. The summed E-state index contributed by atoms with van der Waals surface area (Å²) in [6.07, 6.45) is 5.26. The maximum Gasteiger partial charge on any atom is 0.317 e. The van der Waals surface area contributed by atoms with Crippen molar-refractivity contribution in [3.05, 3.63) is 0 Å². The Morgan fingerprint density at radius 1 is 1.18 bits per heavy atom. The van der Waals surface area contributed by atoms with E-state index in [-0.39, 0.29) is 18.4 Å². The first-order chi connectivity index (χ1) is 8.15. The molecule has 5 heteroatoms. The Labute approximate surface area is 101 Å². The molecule has 0 atom stereocenters. The number of hydrogen-bond donors (Lipinski definition) is 2. The lowest BCUT2D eigenvalue weighted by Crippen LogP contribution is -2.49. The molecule has 2 rings (SSSR count). The summed E-state index contributed by atoms with van der Waals surface area (Å²) in [5, 5.41) is 11.7. The summed E-state index contributed by atoms with van der Waals surface area (Å²) in [7, 11) is 0. The molecular formula is C12H20N2O3. The van der Waals surface area contributed by atoms with Crippen molar-refractivity contribution in [2.24, 2.45) is 5.92 Å². The number of hydrogen-bond acceptors (Lipinski definition) is 2. The number of likely N-dealkylation sites (tertiary alicyclic amines) is 1. The fourth-order valence-electron chi connectivity index (χ4n) is 2.41. The topological polar surface area (TPSA) is 69.6 Å². The van der Waals surface area contributed by atoms with Crippen LogP contribution in [-0.2, 0) is 4.79 Å². The van der Waals surface area contributed by atoms with Crippen LogP contribution in [0.3, 0.4) is 0 Å². The minimum atomic E-state index is -0.734. The van der Waals surface area contributed by atoms with Gasteiger partial charge in [0, 0.05) is 25.6 Å². The molecule has 0 spiro atoms. The maximum atomic E-state index is 11.8. The number of carbonyl (C=O) groups is 2. The monoisotopic (exact) mass is 240 g/mol. The molecule has 96 valence electrons. The van der Waals surface area contributed by atoms with Gasteiger partial charge >= 0.3 is 12.0 Å². The lowest BCUT2D eigenvalue weighted by atomic mass is 9.92.